The van der Waals surface area contributed by atoms with Crippen molar-refractivity contribution < 1.29 is 14.7 Å². The second kappa shape index (κ2) is 6.32. The van der Waals surface area contributed by atoms with Crippen LogP contribution in [0.1, 0.15) is 42.1 Å². The zero-order valence-corrected chi connectivity index (χ0v) is 12.5. The molecular weight excluding hydrogens is 278 g/mol. The summed E-state index contributed by atoms with van der Waals surface area (Å²) in [6.45, 7) is 6.17. The van der Waals surface area contributed by atoms with Gasteiger partial charge in [0.2, 0.25) is 5.91 Å². The molecule has 1 saturated heterocycles. The van der Waals surface area contributed by atoms with Crippen LogP contribution in [0.3, 0.4) is 0 Å². The summed E-state index contributed by atoms with van der Waals surface area (Å²) in [6.07, 6.45) is 2.28. The zero-order chi connectivity index (χ0) is 14.7. The number of rotatable bonds is 4. The summed E-state index contributed by atoms with van der Waals surface area (Å²) in [4.78, 5) is 29.2. The Hall–Kier alpha value is -1.47. The highest BCUT2D eigenvalue weighted by molar-refractivity contribution is 7.16. The SMILES string of the molecule is CC(=O)Nc1nc(C(=O)O)c(CN2CCC(C)CC2)s1. The van der Waals surface area contributed by atoms with Crippen LogP contribution in [0.5, 0.6) is 0 Å². The highest BCUT2D eigenvalue weighted by Crippen LogP contribution is 2.26. The first-order chi connectivity index (χ1) is 9.45. The number of carboxylic acids is 1. The molecule has 20 heavy (non-hydrogen) atoms. The normalized spacial score (nSPS) is 17.1. The molecule has 1 aromatic rings. The highest BCUT2D eigenvalue weighted by atomic mass is 32.1. The van der Waals surface area contributed by atoms with Crippen LogP contribution in [0.4, 0.5) is 5.13 Å². The first-order valence-corrected chi connectivity index (χ1v) is 7.50. The number of carbonyl (C=O) groups is 2. The van der Waals surface area contributed by atoms with Crippen molar-refractivity contribution in [3.63, 3.8) is 0 Å². The molecule has 0 aromatic carbocycles. The number of hydrogen-bond acceptors (Lipinski definition) is 5. The number of piperidine rings is 1. The summed E-state index contributed by atoms with van der Waals surface area (Å²) < 4.78 is 0. The van der Waals surface area contributed by atoms with E-state index in [0.717, 1.165) is 31.8 Å². The van der Waals surface area contributed by atoms with E-state index in [1.807, 2.05) is 0 Å². The number of likely N-dealkylation sites (tertiary alicyclic amines) is 1. The van der Waals surface area contributed by atoms with E-state index in [1.54, 1.807) is 0 Å². The molecule has 1 fully saturated rings. The van der Waals surface area contributed by atoms with E-state index in [4.69, 9.17) is 0 Å². The maximum atomic E-state index is 11.2. The molecule has 7 heteroatoms. The quantitative estimate of drug-likeness (QED) is 0.888. The van der Waals surface area contributed by atoms with Crippen LogP contribution in [0.15, 0.2) is 0 Å². The van der Waals surface area contributed by atoms with Gasteiger partial charge in [-0.3, -0.25) is 9.69 Å². The average molecular weight is 297 g/mol. The number of carbonyl (C=O) groups excluding carboxylic acids is 1. The van der Waals surface area contributed by atoms with Crippen LogP contribution in [0, 0.1) is 5.92 Å². The molecule has 2 N–H and O–H groups in total. The molecule has 0 aliphatic carbocycles. The number of anilines is 1. The Morgan fingerprint density at radius 1 is 1.45 bits per heavy atom. The van der Waals surface area contributed by atoms with Crippen molar-refractivity contribution >= 4 is 28.3 Å². The average Bonchev–Trinajstić information content (AvgIpc) is 2.74. The number of amides is 1. The first-order valence-electron chi connectivity index (χ1n) is 6.68. The third-order valence-electron chi connectivity index (χ3n) is 3.43. The van der Waals surface area contributed by atoms with E-state index in [1.165, 1.54) is 18.3 Å². The molecule has 0 atom stereocenters. The highest BCUT2D eigenvalue weighted by Gasteiger charge is 2.22. The molecule has 0 radical (unpaired) electrons. The molecule has 2 heterocycles. The Labute approximate surface area is 121 Å². The van der Waals surface area contributed by atoms with E-state index in [9.17, 15) is 14.7 Å². The van der Waals surface area contributed by atoms with Crippen LogP contribution in [0.25, 0.3) is 0 Å². The van der Waals surface area contributed by atoms with Crippen LogP contribution in [-0.4, -0.2) is 40.0 Å². The first kappa shape index (κ1) is 14.9. The molecule has 6 nitrogen and oxygen atoms in total. The predicted octanol–water partition coefficient (Wildman–Crippen LogP) is 2.03. The molecule has 0 bridgehead atoms. The van der Waals surface area contributed by atoms with E-state index in [2.05, 4.69) is 22.1 Å². The van der Waals surface area contributed by atoms with Crippen molar-refractivity contribution in [3.8, 4) is 0 Å². The Balaban J connectivity index is 2.11. The van der Waals surface area contributed by atoms with Gasteiger partial charge in [0, 0.05) is 13.5 Å². The Kier molecular flexibility index (Phi) is 4.72. The van der Waals surface area contributed by atoms with Crippen LogP contribution < -0.4 is 5.32 Å². The molecule has 110 valence electrons. The second-order valence-electron chi connectivity index (χ2n) is 5.24. The van der Waals surface area contributed by atoms with Gasteiger partial charge in [-0.1, -0.05) is 18.3 Å². The van der Waals surface area contributed by atoms with Crippen molar-refractivity contribution in [2.45, 2.75) is 33.2 Å². The molecule has 0 saturated carbocycles. The summed E-state index contributed by atoms with van der Waals surface area (Å²) in [5.41, 5.74) is 0.0531. The Bertz CT molecular complexity index is 507. The largest absolute Gasteiger partial charge is 0.476 e. The fourth-order valence-corrected chi connectivity index (χ4v) is 3.30. The summed E-state index contributed by atoms with van der Waals surface area (Å²) in [7, 11) is 0. The van der Waals surface area contributed by atoms with E-state index in [0.29, 0.717) is 16.6 Å². The van der Waals surface area contributed by atoms with E-state index >= 15 is 0 Å². The molecular formula is C13H19N3O3S. The standard InChI is InChI=1S/C13H19N3O3S/c1-8-3-5-16(6-4-8)7-10-11(12(18)19)15-13(20-10)14-9(2)17/h8H,3-7H2,1-2H3,(H,18,19)(H,14,15,17). The van der Waals surface area contributed by atoms with Gasteiger partial charge in [0.25, 0.3) is 0 Å². The predicted molar refractivity (Wildman–Crippen MR) is 77.1 cm³/mol. The molecule has 1 aromatic heterocycles. The lowest BCUT2D eigenvalue weighted by Gasteiger charge is -2.29. The van der Waals surface area contributed by atoms with Gasteiger partial charge < -0.3 is 10.4 Å². The van der Waals surface area contributed by atoms with Gasteiger partial charge in [0.15, 0.2) is 10.8 Å². The lowest BCUT2D eigenvalue weighted by Crippen LogP contribution is -2.32. The minimum absolute atomic E-state index is 0.0531. The third-order valence-corrected chi connectivity index (χ3v) is 4.38. The molecule has 2 rings (SSSR count). The monoisotopic (exact) mass is 297 g/mol. The van der Waals surface area contributed by atoms with E-state index in [-0.39, 0.29) is 11.6 Å². The second-order valence-corrected chi connectivity index (χ2v) is 6.32. The fourth-order valence-electron chi connectivity index (χ4n) is 2.25. The maximum Gasteiger partial charge on any atom is 0.355 e. The smallest absolute Gasteiger partial charge is 0.355 e. The number of nitrogens with zero attached hydrogens (tertiary/aromatic N) is 2. The van der Waals surface area contributed by atoms with Crippen molar-refractivity contribution in [1.29, 1.82) is 0 Å². The van der Waals surface area contributed by atoms with Gasteiger partial charge in [-0.15, -0.1) is 0 Å². The minimum Gasteiger partial charge on any atom is -0.476 e. The lowest BCUT2D eigenvalue weighted by atomic mass is 9.99. The summed E-state index contributed by atoms with van der Waals surface area (Å²) >= 11 is 1.25. The molecule has 0 unspecified atom stereocenters. The maximum absolute atomic E-state index is 11.2. The van der Waals surface area contributed by atoms with Gasteiger partial charge in [-0.25, -0.2) is 9.78 Å². The Morgan fingerprint density at radius 3 is 2.65 bits per heavy atom. The van der Waals surface area contributed by atoms with Crippen molar-refractivity contribution in [2.75, 3.05) is 18.4 Å². The number of thiazole rings is 1. The fraction of sp³-hybridized carbons (Fsp3) is 0.615. The third kappa shape index (κ3) is 3.77. The topological polar surface area (TPSA) is 82.5 Å². The number of nitrogens with one attached hydrogen (secondary N) is 1. The van der Waals surface area contributed by atoms with Crippen molar-refractivity contribution in [3.05, 3.63) is 10.6 Å². The lowest BCUT2D eigenvalue weighted by molar-refractivity contribution is -0.114. The van der Waals surface area contributed by atoms with Crippen molar-refractivity contribution in [2.24, 2.45) is 5.92 Å². The summed E-state index contributed by atoms with van der Waals surface area (Å²) in [5.74, 6) is -0.547. The Morgan fingerprint density at radius 2 is 2.10 bits per heavy atom. The van der Waals surface area contributed by atoms with Gasteiger partial charge >= 0.3 is 5.97 Å². The van der Waals surface area contributed by atoms with E-state index < -0.39 is 5.97 Å². The number of carboxylic acid groups (broad SMARTS) is 1. The van der Waals surface area contributed by atoms with Gasteiger partial charge in [-0.05, 0) is 31.8 Å². The minimum atomic E-state index is -1.04. The molecule has 1 aliphatic heterocycles. The number of aromatic nitrogens is 1. The summed E-state index contributed by atoms with van der Waals surface area (Å²) in [6, 6.07) is 0. The summed E-state index contributed by atoms with van der Waals surface area (Å²) in [5, 5.41) is 12.1. The number of hydrogen-bond donors (Lipinski definition) is 2. The van der Waals surface area contributed by atoms with Crippen molar-refractivity contribution in [1.82, 2.24) is 9.88 Å². The molecule has 1 aliphatic rings. The van der Waals surface area contributed by atoms with Gasteiger partial charge in [0.1, 0.15) is 0 Å². The number of aromatic carboxylic acids is 1. The molecule has 0 spiro atoms. The van der Waals surface area contributed by atoms with Crippen LogP contribution in [0.2, 0.25) is 0 Å². The van der Waals surface area contributed by atoms with Crippen LogP contribution >= 0.6 is 11.3 Å². The van der Waals surface area contributed by atoms with Gasteiger partial charge in [-0.2, -0.15) is 0 Å². The van der Waals surface area contributed by atoms with Gasteiger partial charge in [0.05, 0.1) is 4.88 Å². The zero-order valence-electron chi connectivity index (χ0n) is 11.7. The molecule has 1 amide bonds. The van der Waals surface area contributed by atoms with Crippen LogP contribution in [-0.2, 0) is 11.3 Å².